The molecular formula is C42H76N10O19P2S+2. The van der Waals surface area contributed by atoms with Gasteiger partial charge in [-0.25, -0.2) is 0 Å². The van der Waals surface area contributed by atoms with Crippen LogP contribution in [0.2, 0.25) is 0 Å². The summed E-state index contributed by atoms with van der Waals surface area (Å²) >= 11 is 1.27. The second kappa shape index (κ2) is 41.8. The van der Waals surface area contributed by atoms with Gasteiger partial charge < -0.3 is 67.4 Å². The first-order chi connectivity index (χ1) is 35.3. The number of aliphatic imine (C=N–C) groups is 1. The molecule has 0 bridgehead atoms. The molecule has 8 amide bonds. The standard InChI is InChI=1S/C42H74N10O19P2S/c1-45-16-21-66-25-26-67-22-17-48-34(53)8-9-35(54)49-18-23-68-27-28-69-24-19-50-36(55)10-11-38(57)51-31(40(44)59)6-2-3-14-47-37(56)12-20-52-39(58)30-32(41(52)60)74-29-4-7-33(43)46-15-5-13-42(61,70-72(62)63)71-73(64)65/h31-32,45,61H,2-30H2,1H3,(H9-2,43,44,46,47,48,49,50,51,53,54,55,56,57,59,62,63,64,65)/p+2/t31-,32?/m0/s1. The Kier molecular flexibility index (Phi) is 38.2. The molecule has 1 saturated heterocycles. The lowest BCUT2D eigenvalue weighted by molar-refractivity contribution is -0.277. The highest BCUT2D eigenvalue weighted by Gasteiger charge is 2.47. The molecule has 422 valence electrons. The van der Waals surface area contributed by atoms with Crippen LogP contribution in [0.4, 0.5) is 0 Å². The summed E-state index contributed by atoms with van der Waals surface area (Å²) in [7, 11) is -4.83. The number of likely N-dealkylation sites (N-methyl/N-ethyl adjacent to an activating group) is 1. The molecule has 1 heterocycles. The molecule has 3 unspecified atom stereocenters. The summed E-state index contributed by atoms with van der Waals surface area (Å²) in [6.07, 6.45) is 1.04. The van der Waals surface area contributed by atoms with E-state index in [-0.39, 0.29) is 128 Å². The molecule has 1 aliphatic heterocycles. The number of nitrogens with zero attached hydrogens (tertiary/aromatic N) is 2. The molecule has 0 aromatic carbocycles. The molecule has 0 aromatic rings. The van der Waals surface area contributed by atoms with Gasteiger partial charge in [-0.1, -0.05) is 0 Å². The van der Waals surface area contributed by atoms with Gasteiger partial charge in [-0.3, -0.25) is 48.2 Å². The molecule has 0 spiro atoms. The Morgan fingerprint density at radius 3 is 1.68 bits per heavy atom. The predicted octanol–water partition coefficient (Wildman–Crippen LogP) is -2.42. The van der Waals surface area contributed by atoms with E-state index in [0.29, 0.717) is 64.4 Å². The van der Waals surface area contributed by atoms with E-state index in [1.54, 1.807) is 0 Å². The quantitative estimate of drug-likeness (QED) is 0.00755. The average Bonchev–Trinajstić information content (AvgIpc) is 3.61. The minimum Gasteiger partial charge on any atom is -0.387 e. The lowest BCUT2D eigenvalue weighted by atomic mass is 10.1. The molecule has 1 aliphatic rings. The fourth-order valence-electron chi connectivity index (χ4n) is 6.33. The van der Waals surface area contributed by atoms with Crippen LogP contribution in [0.15, 0.2) is 4.99 Å². The number of imide groups is 1. The number of amides is 8. The van der Waals surface area contributed by atoms with Gasteiger partial charge in [0, 0.05) is 106 Å². The van der Waals surface area contributed by atoms with Crippen molar-refractivity contribution in [3.63, 3.8) is 0 Å². The maximum atomic E-state index is 12.9. The van der Waals surface area contributed by atoms with E-state index < -0.39 is 75.6 Å². The highest BCUT2D eigenvalue weighted by Crippen LogP contribution is 2.35. The number of likely N-dealkylation sites (tertiary alicyclic amines) is 1. The summed E-state index contributed by atoms with van der Waals surface area (Å²) in [5, 5.41) is 25.5. The van der Waals surface area contributed by atoms with Gasteiger partial charge >= 0.3 is 22.5 Å². The predicted molar refractivity (Wildman–Crippen MR) is 267 cm³/mol. The number of ether oxygens (including phenoxy) is 4. The molecule has 32 heteroatoms. The summed E-state index contributed by atoms with van der Waals surface area (Å²) in [5.74, 6) is -5.49. The van der Waals surface area contributed by atoms with Gasteiger partial charge in [0.05, 0.1) is 63.9 Å². The monoisotopic (exact) mass is 1120 g/mol. The fraction of sp³-hybridized carbons (Fsp3) is 0.786. The van der Waals surface area contributed by atoms with Crippen LogP contribution in [0.5, 0.6) is 0 Å². The van der Waals surface area contributed by atoms with Crippen molar-refractivity contribution in [1.29, 1.82) is 0 Å². The number of amidine groups is 1. The third kappa shape index (κ3) is 35.7. The van der Waals surface area contributed by atoms with Gasteiger partial charge in [0.15, 0.2) is 0 Å². The van der Waals surface area contributed by atoms with Gasteiger partial charge in [0.2, 0.25) is 47.3 Å². The maximum absolute atomic E-state index is 12.9. The first-order valence-electron chi connectivity index (χ1n) is 24.1. The first-order valence-corrected chi connectivity index (χ1v) is 27.4. The highest BCUT2D eigenvalue weighted by molar-refractivity contribution is 8.00. The van der Waals surface area contributed by atoms with Crippen molar-refractivity contribution in [3.05, 3.63) is 0 Å². The Hall–Kier alpha value is -4.42. The van der Waals surface area contributed by atoms with Crippen molar-refractivity contribution < 1.29 is 90.4 Å². The summed E-state index contributed by atoms with van der Waals surface area (Å²) in [5.41, 5.74) is 11.4. The molecular weight excluding hydrogens is 1040 g/mol. The molecule has 0 radical (unpaired) electrons. The topological polar surface area (TPSA) is 427 Å². The van der Waals surface area contributed by atoms with Gasteiger partial charge in [0.25, 0.3) is 0 Å². The minimum atomic E-state index is -3.33. The van der Waals surface area contributed by atoms with Gasteiger partial charge in [0.1, 0.15) is 6.04 Å². The number of nitrogens with one attached hydrogen (secondary N) is 6. The largest absolute Gasteiger partial charge is 0.700 e. The number of carbonyl (C=O) groups excluding carboxylic acids is 8. The minimum absolute atomic E-state index is 0.0188. The number of thioether (sulfide) groups is 1. The molecule has 13 N–H and O–H groups in total. The second-order valence-electron chi connectivity index (χ2n) is 16.1. The summed E-state index contributed by atoms with van der Waals surface area (Å²) in [4.78, 5) is 121. The lowest BCUT2D eigenvalue weighted by Gasteiger charge is -2.16. The zero-order valence-corrected chi connectivity index (χ0v) is 44.5. The fourth-order valence-corrected chi connectivity index (χ4v) is 8.26. The van der Waals surface area contributed by atoms with E-state index in [2.05, 4.69) is 45.9 Å². The number of unbranched alkanes of at least 4 members (excludes halogenated alkanes) is 1. The molecule has 1 rings (SSSR count). The normalized spacial score (nSPS) is 15.3. The summed E-state index contributed by atoms with van der Waals surface area (Å²) in [6, 6.07) is -0.990. The van der Waals surface area contributed by atoms with E-state index in [0.717, 1.165) is 11.4 Å². The Labute approximate surface area is 436 Å². The van der Waals surface area contributed by atoms with Gasteiger partial charge in [-0.05, 0) is 54.0 Å². The third-order valence-electron chi connectivity index (χ3n) is 10.1. The summed E-state index contributed by atoms with van der Waals surface area (Å²) < 4.78 is 51.8. The SMILES string of the molecule is CNCCOCCOCCNC(=O)CCC(=O)NCCOCCOCCNC(=O)CCC(=O)N[C@@H](CCCCNC(=O)CCN1C(=O)CC(SCCCC(N)=NCCCC(O)(O[P+](=O)O)O[P+](=O)O)C1=O)C(N)=O. The zero-order chi connectivity index (χ0) is 55.0. The van der Waals surface area contributed by atoms with Crippen LogP contribution in [0.3, 0.4) is 0 Å². The zero-order valence-electron chi connectivity index (χ0n) is 41.9. The molecule has 0 aliphatic carbocycles. The van der Waals surface area contributed by atoms with Crippen molar-refractivity contribution in [2.75, 3.05) is 111 Å². The van der Waals surface area contributed by atoms with Crippen LogP contribution in [-0.4, -0.2) is 202 Å². The molecule has 74 heavy (non-hydrogen) atoms. The third-order valence-corrected chi connectivity index (χ3v) is 12.3. The van der Waals surface area contributed by atoms with Crippen molar-refractivity contribution in [2.24, 2.45) is 16.5 Å². The van der Waals surface area contributed by atoms with Crippen molar-refractivity contribution in [3.8, 4) is 0 Å². The molecule has 4 atom stereocenters. The van der Waals surface area contributed by atoms with E-state index in [1.807, 2.05) is 7.05 Å². The van der Waals surface area contributed by atoms with Crippen LogP contribution < -0.4 is 43.4 Å². The number of carbonyl (C=O) groups is 8. The van der Waals surface area contributed by atoms with E-state index in [9.17, 15) is 52.6 Å². The van der Waals surface area contributed by atoms with E-state index in [1.165, 1.54) is 11.8 Å². The number of hydrogen-bond acceptors (Lipinski definition) is 20. The average molecular weight is 1120 g/mol. The smallest absolute Gasteiger partial charge is 0.387 e. The Bertz CT molecular complexity index is 1790. The van der Waals surface area contributed by atoms with Crippen molar-refractivity contribution in [2.45, 2.75) is 101 Å². The number of rotatable bonds is 47. The Morgan fingerprint density at radius 1 is 0.689 bits per heavy atom. The van der Waals surface area contributed by atoms with E-state index >= 15 is 0 Å². The van der Waals surface area contributed by atoms with Crippen molar-refractivity contribution in [1.82, 2.24) is 36.8 Å². The maximum Gasteiger partial charge on any atom is 0.700 e. The van der Waals surface area contributed by atoms with Crippen LogP contribution in [-0.2, 0) is 75.5 Å². The van der Waals surface area contributed by atoms with Gasteiger partial charge in [-0.15, -0.1) is 21.5 Å². The van der Waals surface area contributed by atoms with Crippen LogP contribution >= 0.6 is 28.3 Å². The number of nitrogens with two attached hydrogens (primary N) is 2. The number of primary amides is 1. The second-order valence-corrected chi connectivity index (χ2v) is 18.7. The highest BCUT2D eigenvalue weighted by atomic mass is 32.2. The van der Waals surface area contributed by atoms with Crippen LogP contribution in [0.1, 0.15) is 83.5 Å². The van der Waals surface area contributed by atoms with E-state index in [4.69, 9.17) is 40.2 Å². The van der Waals surface area contributed by atoms with Gasteiger partial charge in [-0.2, -0.15) is 0 Å². The lowest BCUT2D eigenvalue weighted by Crippen LogP contribution is -2.44. The Balaban J connectivity index is 2.12. The molecule has 0 saturated carbocycles. The summed E-state index contributed by atoms with van der Waals surface area (Å²) in [6.45, 7) is 4.46. The number of aliphatic hydroxyl groups is 1. The first kappa shape index (κ1) is 67.6. The molecule has 29 nitrogen and oxygen atoms in total. The van der Waals surface area contributed by atoms with Crippen LogP contribution in [0, 0.1) is 0 Å². The number of hydrogen-bond donors (Lipinski definition) is 11. The van der Waals surface area contributed by atoms with Crippen LogP contribution in [0.25, 0.3) is 0 Å². The molecule has 0 aromatic heterocycles. The molecule has 1 fully saturated rings. The van der Waals surface area contributed by atoms with Crippen molar-refractivity contribution >= 4 is 81.4 Å². The Morgan fingerprint density at radius 2 is 1.18 bits per heavy atom.